The van der Waals surface area contributed by atoms with E-state index in [0.29, 0.717) is 17.8 Å². The minimum Gasteiger partial charge on any atom is -0.497 e. The summed E-state index contributed by atoms with van der Waals surface area (Å²) in [5.74, 6) is 0.235. The number of fused-ring (bicyclic) bond motifs is 4. The number of methoxy groups -OCH3 is 1. The van der Waals surface area contributed by atoms with Gasteiger partial charge in [-0.25, -0.2) is 4.79 Å². The summed E-state index contributed by atoms with van der Waals surface area (Å²) in [5.41, 5.74) is 2.81. The molecule has 4 atom stereocenters. The largest absolute Gasteiger partial charge is 0.497 e. The summed E-state index contributed by atoms with van der Waals surface area (Å²) in [7, 11) is 1.62. The number of allylic oxidation sites excluding steroid dienone is 1. The van der Waals surface area contributed by atoms with Crippen molar-refractivity contribution in [3.63, 3.8) is 0 Å². The number of aromatic nitrogens is 1. The molecule has 0 bridgehead atoms. The molecule has 7 nitrogen and oxygen atoms in total. The first-order valence-electron chi connectivity index (χ1n) is 11.1. The van der Waals surface area contributed by atoms with Crippen LogP contribution in [-0.4, -0.2) is 48.3 Å². The molecule has 1 aliphatic carbocycles. The molecule has 0 spiro atoms. The Kier molecular flexibility index (Phi) is 5.08. The SMILES string of the molecule is C=C1C(=O)O[C@H]2[C@H]1CC/C(CNC(=O)c1cc3cc(OC)ccc3[nH]1)=C\CC[C@@]1(C)O[C@@H]21. The highest BCUT2D eigenvalue weighted by atomic mass is 16.6. The predicted octanol–water partition coefficient (Wildman–Crippen LogP) is 3.66. The van der Waals surface area contributed by atoms with Crippen molar-refractivity contribution in [1.82, 2.24) is 10.3 Å². The van der Waals surface area contributed by atoms with Crippen molar-refractivity contribution in [2.45, 2.75) is 50.4 Å². The predicted molar refractivity (Wildman–Crippen MR) is 120 cm³/mol. The fraction of sp³-hybridized carbons (Fsp3) is 0.440. The lowest BCUT2D eigenvalue weighted by molar-refractivity contribution is -0.140. The highest BCUT2D eigenvalue weighted by Crippen LogP contribution is 2.49. The van der Waals surface area contributed by atoms with Crippen LogP contribution in [0.1, 0.15) is 43.1 Å². The van der Waals surface area contributed by atoms with Gasteiger partial charge in [-0.1, -0.05) is 18.2 Å². The number of carbonyl (C=O) groups is 2. The molecule has 7 heteroatoms. The molecular formula is C25H28N2O5. The van der Waals surface area contributed by atoms with Gasteiger partial charge in [0.15, 0.2) is 0 Å². The van der Waals surface area contributed by atoms with E-state index in [1.807, 2.05) is 24.3 Å². The summed E-state index contributed by atoms with van der Waals surface area (Å²) in [6, 6.07) is 7.49. The van der Waals surface area contributed by atoms with Crippen molar-refractivity contribution in [3.05, 3.63) is 53.8 Å². The van der Waals surface area contributed by atoms with E-state index >= 15 is 0 Å². The molecule has 0 unspecified atom stereocenters. The summed E-state index contributed by atoms with van der Waals surface area (Å²) in [6.45, 7) is 6.49. The zero-order chi connectivity index (χ0) is 22.5. The van der Waals surface area contributed by atoms with Crippen molar-refractivity contribution in [1.29, 1.82) is 0 Å². The smallest absolute Gasteiger partial charge is 0.334 e. The lowest BCUT2D eigenvalue weighted by Gasteiger charge is -2.20. The first-order chi connectivity index (χ1) is 15.4. The number of hydrogen-bond donors (Lipinski definition) is 2. The van der Waals surface area contributed by atoms with Crippen LogP contribution in [0.25, 0.3) is 10.9 Å². The molecule has 32 heavy (non-hydrogen) atoms. The van der Waals surface area contributed by atoms with Gasteiger partial charge in [-0.2, -0.15) is 0 Å². The van der Waals surface area contributed by atoms with Gasteiger partial charge in [-0.15, -0.1) is 0 Å². The number of aromatic amines is 1. The average Bonchev–Trinajstić information content (AvgIpc) is 3.13. The summed E-state index contributed by atoms with van der Waals surface area (Å²) in [4.78, 5) is 28.1. The number of carbonyl (C=O) groups excluding carboxylic acids is 2. The maximum atomic E-state index is 12.8. The fourth-order valence-corrected chi connectivity index (χ4v) is 4.93. The molecule has 0 radical (unpaired) electrons. The van der Waals surface area contributed by atoms with Crippen LogP contribution in [0.3, 0.4) is 0 Å². The molecule has 2 fully saturated rings. The van der Waals surface area contributed by atoms with E-state index in [-0.39, 0.29) is 35.6 Å². The van der Waals surface area contributed by atoms with Crippen molar-refractivity contribution in [2.24, 2.45) is 5.92 Å². The van der Waals surface area contributed by atoms with Crippen molar-refractivity contribution in [3.8, 4) is 5.75 Å². The van der Waals surface area contributed by atoms with Crippen LogP contribution in [0.15, 0.2) is 48.1 Å². The molecule has 1 amide bonds. The summed E-state index contributed by atoms with van der Waals surface area (Å²) >= 11 is 0. The molecule has 168 valence electrons. The van der Waals surface area contributed by atoms with Crippen LogP contribution in [0.4, 0.5) is 0 Å². The van der Waals surface area contributed by atoms with Crippen molar-refractivity contribution >= 4 is 22.8 Å². The Hall–Kier alpha value is -3.06. The third-order valence-corrected chi connectivity index (χ3v) is 6.99. The summed E-state index contributed by atoms with van der Waals surface area (Å²) in [5, 5.41) is 3.96. The Bertz CT molecular complexity index is 1130. The van der Waals surface area contributed by atoms with Gasteiger partial charge in [0.25, 0.3) is 5.91 Å². The third-order valence-electron chi connectivity index (χ3n) is 6.99. The van der Waals surface area contributed by atoms with Crippen LogP contribution in [0.2, 0.25) is 0 Å². The Morgan fingerprint density at radius 3 is 3.03 bits per heavy atom. The summed E-state index contributed by atoms with van der Waals surface area (Å²) in [6.07, 6.45) is 5.12. The van der Waals surface area contributed by atoms with Gasteiger partial charge in [0, 0.05) is 28.9 Å². The maximum Gasteiger partial charge on any atom is 0.334 e. The minimum absolute atomic E-state index is 0.0461. The number of amides is 1. The number of hydrogen-bond acceptors (Lipinski definition) is 5. The maximum absolute atomic E-state index is 12.8. The molecule has 2 aliphatic heterocycles. The van der Waals surface area contributed by atoms with E-state index in [2.05, 4.69) is 29.9 Å². The van der Waals surface area contributed by atoms with Gasteiger partial charge in [-0.05, 0) is 56.9 Å². The molecular weight excluding hydrogens is 408 g/mol. The first kappa shape index (κ1) is 20.8. The van der Waals surface area contributed by atoms with Crippen molar-refractivity contribution in [2.75, 3.05) is 13.7 Å². The number of epoxide rings is 1. The van der Waals surface area contributed by atoms with Gasteiger partial charge >= 0.3 is 5.97 Å². The molecule has 1 aromatic heterocycles. The quantitative estimate of drug-likeness (QED) is 0.330. The number of nitrogens with one attached hydrogen (secondary N) is 2. The molecule has 2 aromatic rings. The van der Waals surface area contributed by atoms with Crippen LogP contribution in [-0.2, 0) is 14.3 Å². The second-order valence-corrected chi connectivity index (χ2v) is 9.11. The van der Waals surface area contributed by atoms with Gasteiger partial charge in [-0.3, -0.25) is 4.79 Å². The van der Waals surface area contributed by atoms with Crippen LogP contribution in [0.5, 0.6) is 5.75 Å². The average molecular weight is 437 g/mol. The van der Waals surface area contributed by atoms with Crippen molar-refractivity contribution < 1.29 is 23.8 Å². The monoisotopic (exact) mass is 436 g/mol. The van der Waals surface area contributed by atoms with Gasteiger partial charge in [0.1, 0.15) is 23.7 Å². The number of esters is 1. The topological polar surface area (TPSA) is 92.9 Å². The minimum atomic E-state index is -0.314. The lowest BCUT2D eigenvalue weighted by Crippen LogP contribution is -2.30. The van der Waals surface area contributed by atoms with E-state index in [1.165, 1.54) is 0 Å². The lowest BCUT2D eigenvalue weighted by atomic mass is 9.84. The van der Waals surface area contributed by atoms with E-state index in [0.717, 1.165) is 47.9 Å². The molecule has 2 saturated heterocycles. The van der Waals surface area contributed by atoms with Crippen LogP contribution >= 0.6 is 0 Å². The Morgan fingerprint density at radius 2 is 2.22 bits per heavy atom. The second kappa shape index (κ2) is 7.81. The Morgan fingerprint density at radius 1 is 1.38 bits per heavy atom. The van der Waals surface area contributed by atoms with Crippen LogP contribution < -0.4 is 10.1 Å². The molecule has 0 saturated carbocycles. The van der Waals surface area contributed by atoms with E-state index < -0.39 is 0 Å². The molecule has 3 heterocycles. The Balaban J connectivity index is 1.27. The number of benzene rings is 1. The van der Waals surface area contributed by atoms with Gasteiger partial charge < -0.3 is 24.5 Å². The number of ether oxygens (including phenoxy) is 3. The van der Waals surface area contributed by atoms with E-state index in [4.69, 9.17) is 14.2 Å². The molecule has 5 rings (SSSR count). The van der Waals surface area contributed by atoms with E-state index in [9.17, 15) is 9.59 Å². The number of rotatable bonds is 4. The molecule has 2 N–H and O–H groups in total. The number of H-pyrrole nitrogens is 1. The summed E-state index contributed by atoms with van der Waals surface area (Å²) < 4.78 is 16.8. The standard InChI is InChI=1S/C25H28N2O5/c1-14-18-8-6-15(5-4-10-25(2)22(32-25)21(18)31-24(14)29)13-26-23(28)20-12-16-11-17(30-3)7-9-19(16)27-20/h5,7,9,11-12,18,21-22,27H,1,4,6,8,10,13H2,2-3H3,(H,26,28)/b15-5+/t18-,21-,22-,25+/m0/s1. The molecule has 1 aromatic carbocycles. The highest BCUT2D eigenvalue weighted by molar-refractivity contribution is 5.98. The molecule has 3 aliphatic rings. The zero-order valence-electron chi connectivity index (χ0n) is 18.4. The Labute approximate surface area is 186 Å². The van der Waals surface area contributed by atoms with Crippen LogP contribution in [0, 0.1) is 5.92 Å². The first-order valence-corrected chi connectivity index (χ1v) is 11.1. The van der Waals surface area contributed by atoms with Gasteiger partial charge in [0.2, 0.25) is 0 Å². The van der Waals surface area contributed by atoms with E-state index in [1.54, 1.807) is 7.11 Å². The van der Waals surface area contributed by atoms with Gasteiger partial charge in [0.05, 0.1) is 12.7 Å². The highest BCUT2D eigenvalue weighted by Gasteiger charge is 2.61. The second-order valence-electron chi connectivity index (χ2n) is 9.11. The third kappa shape index (κ3) is 3.71. The normalized spacial score (nSPS) is 31.2. The zero-order valence-corrected chi connectivity index (χ0v) is 18.4. The fourth-order valence-electron chi connectivity index (χ4n) is 4.93.